The minimum atomic E-state index is 0.758. The molecule has 0 radical (unpaired) electrons. The predicted molar refractivity (Wildman–Crippen MR) is 76.4 cm³/mol. The Morgan fingerprint density at radius 3 is 3.00 bits per heavy atom. The fraction of sp³-hybridized carbons (Fsp3) is 0.583. The molecule has 6 nitrogen and oxygen atoms in total. The summed E-state index contributed by atoms with van der Waals surface area (Å²) in [6.07, 6.45) is 2.39. The zero-order chi connectivity index (χ0) is 13.1. The maximum Gasteiger partial charge on any atom is 0.245 e. The minimum absolute atomic E-state index is 0.758. The van der Waals surface area contributed by atoms with Gasteiger partial charge in [0.05, 0.1) is 5.51 Å². The van der Waals surface area contributed by atoms with Crippen LogP contribution in [-0.4, -0.2) is 46.8 Å². The Morgan fingerprint density at radius 1 is 1.47 bits per heavy atom. The first-order valence-corrected chi connectivity index (χ1v) is 7.51. The molecule has 2 aromatic heterocycles. The largest absolute Gasteiger partial charge is 0.340 e. The Hall–Kier alpha value is -1.47. The third kappa shape index (κ3) is 2.76. The number of piperidine rings is 1. The van der Waals surface area contributed by atoms with Gasteiger partial charge >= 0.3 is 0 Å². The van der Waals surface area contributed by atoms with Crippen molar-refractivity contribution in [1.29, 1.82) is 0 Å². The molecule has 1 aliphatic heterocycles. The molecule has 19 heavy (non-hydrogen) atoms. The van der Waals surface area contributed by atoms with Crippen LogP contribution >= 0.6 is 11.3 Å². The Balaban J connectivity index is 1.64. The highest BCUT2D eigenvalue weighted by Gasteiger charge is 2.21. The summed E-state index contributed by atoms with van der Waals surface area (Å²) >= 11 is 1.57. The Labute approximate surface area is 116 Å². The maximum absolute atomic E-state index is 4.54. The molecule has 102 valence electrons. The van der Waals surface area contributed by atoms with Crippen molar-refractivity contribution in [2.24, 2.45) is 5.92 Å². The van der Waals surface area contributed by atoms with E-state index in [1.807, 2.05) is 12.4 Å². The Kier molecular flexibility index (Phi) is 3.74. The molecular formula is C12H18N6S. The van der Waals surface area contributed by atoms with Gasteiger partial charge in [0.25, 0.3) is 0 Å². The molecule has 0 aliphatic carbocycles. The summed E-state index contributed by atoms with van der Waals surface area (Å²) in [7, 11) is 2.02. The van der Waals surface area contributed by atoms with E-state index >= 15 is 0 Å². The van der Waals surface area contributed by atoms with Crippen LogP contribution in [0.3, 0.4) is 0 Å². The quantitative estimate of drug-likeness (QED) is 0.884. The van der Waals surface area contributed by atoms with E-state index in [0.717, 1.165) is 43.0 Å². The van der Waals surface area contributed by atoms with Crippen LogP contribution in [0.15, 0.2) is 10.9 Å². The van der Waals surface area contributed by atoms with Gasteiger partial charge in [-0.15, -0.1) is 16.4 Å². The van der Waals surface area contributed by atoms with Gasteiger partial charge in [-0.1, -0.05) is 0 Å². The fourth-order valence-corrected chi connectivity index (χ4v) is 3.00. The number of rotatable bonds is 4. The smallest absolute Gasteiger partial charge is 0.245 e. The van der Waals surface area contributed by atoms with Crippen LogP contribution in [0.2, 0.25) is 0 Å². The van der Waals surface area contributed by atoms with Crippen molar-refractivity contribution < 1.29 is 0 Å². The predicted octanol–water partition coefficient (Wildman–Crippen LogP) is 1.36. The van der Waals surface area contributed by atoms with Gasteiger partial charge in [-0.2, -0.15) is 4.98 Å². The van der Waals surface area contributed by atoms with E-state index in [-0.39, 0.29) is 0 Å². The molecule has 1 saturated heterocycles. The lowest BCUT2D eigenvalue weighted by Crippen LogP contribution is -2.37. The van der Waals surface area contributed by atoms with Crippen molar-refractivity contribution >= 4 is 17.3 Å². The van der Waals surface area contributed by atoms with E-state index in [0.29, 0.717) is 0 Å². The monoisotopic (exact) mass is 278 g/mol. The summed E-state index contributed by atoms with van der Waals surface area (Å²) in [5, 5.41) is 12.5. The van der Waals surface area contributed by atoms with Crippen LogP contribution in [0.4, 0.5) is 5.95 Å². The highest BCUT2D eigenvalue weighted by Crippen LogP contribution is 2.22. The van der Waals surface area contributed by atoms with Crippen molar-refractivity contribution in [3.63, 3.8) is 0 Å². The second-order valence-electron chi connectivity index (χ2n) is 4.85. The number of hydrogen-bond acceptors (Lipinski definition) is 6. The molecule has 0 atom stereocenters. The molecule has 0 amide bonds. The summed E-state index contributed by atoms with van der Waals surface area (Å²) < 4.78 is 0. The lowest BCUT2D eigenvalue weighted by atomic mass is 9.97. The van der Waals surface area contributed by atoms with Crippen LogP contribution in [0.25, 0.3) is 11.5 Å². The molecule has 0 saturated carbocycles. The lowest BCUT2D eigenvalue weighted by Gasteiger charge is -2.30. The molecule has 3 heterocycles. The molecule has 1 fully saturated rings. The average Bonchev–Trinajstić information content (AvgIpc) is 3.11. The number of anilines is 1. The van der Waals surface area contributed by atoms with Crippen LogP contribution in [0, 0.1) is 5.92 Å². The van der Waals surface area contributed by atoms with Gasteiger partial charge < -0.3 is 10.2 Å². The minimum Gasteiger partial charge on any atom is -0.340 e. The van der Waals surface area contributed by atoms with Gasteiger partial charge in [-0.25, -0.2) is 4.98 Å². The van der Waals surface area contributed by atoms with Crippen molar-refractivity contribution in [3.05, 3.63) is 10.9 Å². The van der Waals surface area contributed by atoms with Gasteiger partial charge in [-0.3, -0.25) is 5.10 Å². The molecule has 0 spiro atoms. The average molecular weight is 278 g/mol. The molecule has 0 bridgehead atoms. The summed E-state index contributed by atoms with van der Waals surface area (Å²) in [4.78, 5) is 11.0. The Morgan fingerprint density at radius 2 is 2.32 bits per heavy atom. The topological polar surface area (TPSA) is 69.7 Å². The molecule has 2 N–H and O–H groups in total. The van der Waals surface area contributed by atoms with E-state index in [1.54, 1.807) is 16.8 Å². The number of aromatic amines is 1. The van der Waals surface area contributed by atoms with Crippen LogP contribution in [0.5, 0.6) is 0 Å². The molecule has 0 unspecified atom stereocenters. The second-order valence-corrected chi connectivity index (χ2v) is 5.56. The van der Waals surface area contributed by atoms with E-state index in [9.17, 15) is 0 Å². The number of aromatic nitrogens is 4. The third-order valence-electron chi connectivity index (χ3n) is 3.54. The van der Waals surface area contributed by atoms with Crippen LogP contribution < -0.4 is 10.2 Å². The van der Waals surface area contributed by atoms with Gasteiger partial charge in [0.15, 0.2) is 5.82 Å². The summed E-state index contributed by atoms with van der Waals surface area (Å²) in [6, 6.07) is 0. The SMILES string of the molecule is CNCC1CCN(c2n[nH]c(-c3cscn3)n2)CC1. The van der Waals surface area contributed by atoms with Crippen LogP contribution in [-0.2, 0) is 0 Å². The number of thiazole rings is 1. The van der Waals surface area contributed by atoms with Gasteiger partial charge in [0.1, 0.15) is 5.69 Å². The van der Waals surface area contributed by atoms with E-state index in [4.69, 9.17) is 0 Å². The highest BCUT2D eigenvalue weighted by molar-refractivity contribution is 7.07. The molecular weight excluding hydrogens is 260 g/mol. The third-order valence-corrected chi connectivity index (χ3v) is 4.13. The lowest BCUT2D eigenvalue weighted by molar-refractivity contribution is 0.391. The number of nitrogens with one attached hydrogen (secondary N) is 2. The molecule has 1 aliphatic rings. The summed E-state index contributed by atoms with van der Waals surface area (Å²) in [6.45, 7) is 3.16. The van der Waals surface area contributed by atoms with Crippen LogP contribution in [0.1, 0.15) is 12.8 Å². The second kappa shape index (κ2) is 5.66. The van der Waals surface area contributed by atoms with Crippen molar-refractivity contribution in [3.8, 4) is 11.5 Å². The zero-order valence-corrected chi connectivity index (χ0v) is 11.8. The number of H-pyrrole nitrogens is 1. The van der Waals surface area contributed by atoms with E-state index < -0.39 is 0 Å². The molecule has 3 rings (SSSR count). The normalized spacial score (nSPS) is 17.0. The molecule has 0 aromatic carbocycles. The summed E-state index contributed by atoms with van der Waals surface area (Å²) in [5.41, 5.74) is 2.68. The number of nitrogens with zero attached hydrogens (tertiary/aromatic N) is 4. The number of hydrogen-bond donors (Lipinski definition) is 2. The van der Waals surface area contributed by atoms with Crippen molar-refractivity contribution in [2.75, 3.05) is 31.6 Å². The van der Waals surface area contributed by atoms with Gasteiger partial charge in [0.2, 0.25) is 5.95 Å². The Bertz CT molecular complexity index is 500. The standard InChI is InChI=1S/C12H18N6S/c1-13-6-9-2-4-18(5-3-9)12-15-11(16-17-12)10-7-19-8-14-10/h7-9,13H,2-6H2,1H3,(H,15,16,17). The summed E-state index contributed by atoms with van der Waals surface area (Å²) in [5.74, 6) is 2.33. The van der Waals surface area contributed by atoms with Gasteiger partial charge in [-0.05, 0) is 32.4 Å². The first-order chi connectivity index (χ1) is 9.36. The first-order valence-electron chi connectivity index (χ1n) is 6.57. The zero-order valence-electron chi connectivity index (χ0n) is 11.0. The van der Waals surface area contributed by atoms with E-state index in [1.165, 1.54) is 12.8 Å². The molecule has 7 heteroatoms. The highest BCUT2D eigenvalue weighted by atomic mass is 32.1. The van der Waals surface area contributed by atoms with Crippen molar-refractivity contribution in [2.45, 2.75) is 12.8 Å². The maximum atomic E-state index is 4.54. The van der Waals surface area contributed by atoms with Crippen molar-refractivity contribution in [1.82, 2.24) is 25.5 Å². The van der Waals surface area contributed by atoms with E-state index in [2.05, 4.69) is 30.4 Å². The fourth-order valence-electron chi connectivity index (χ4n) is 2.46. The first kappa shape index (κ1) is 12.6. The van der Waals surface area contributed by atoms with Gasteiger partial charge in [0, 0.05) is 18.5 Å². The molecule has 2 aromatic rings.